The van der Waals surface area contributed by atoms with Gasteiger partial charge in [-0.05, 0) is 25.3 Å². The number of unbranched alkanes of at least 4 members (excludes halogenated alkanes) is 7. The van der Waals surface area contributed by atoms with Gasteiger partial charge >= 0.3 is 0 Å². The summed E-state index contributed by atoms with van der Waals surface area (Å²) in [6.07, 6.45) is 9.23. The van der Waals surface area contributed by atoms with Gasteiger partial charge in [0.1, 0.15) is 6.10 Å². The van der Waals surface area contributed by atoms with Gasteiger partial charge in [0.2, 0.25) is 4.93 Å². The summed E-state index contributed by atoms with van der Waals surface area (Å²) in [5, 5.41) is 0. The summed E-state index contributed by atoms with van der Waals surface area (Å²) >= 11 is 0. The first kappa shape index (κ1) is 17.3. The fraction of sp³-hybridized carbons (Fsp3) is 1.00. The Morgan fingerprint density at radius 2 is 1.65 bits per heavy atom. The lowest BCUT2D eigenvalue weighted by Gasteiger charge is -2.09. The molecule has 0 spiro atoms. The Balaban J connectivity index is 2.25. The normalized spacial score (nSPS) is 25.2. The molecule has 0 bridgehead atoms. The molecule has 1 aliphatic heterocycles. The fourth-order valence-electron chi connectivity index (χ4n) is 2.55. The number of sulfonamides is 1. The van der Waals surface area contributed by atoms with Crippen LogP contribution in [0.5, 0.6) is 0 Å². The van der Waals surface area contributed by atoms with Gasteiger partial charge < -0.3 is 4.74 Å². The Morgan fingerprint density at radius 3 is 2.10 bits per heavy atom. The number of hydrogen-bond donors (Lipinski definition) is 0. The van der Waals surface area contributed by atoms with Crippen LogP contribution in [0.3, 0.4) is 0 Å². The first-order valence-corrected chi connectivity index (χ1v) is 8.93. The van der Waals surface area contributed by atoms with Crippen molar-refractivity contribution in [3.63, 3.8) is 0 Å². The number of nitrogens with zero attached hydrogens (tertiary/aromatic N) is 3. The molecule has 0 amide bonds. The van der Waals surface area contributed by atoms with Crippen LogP contribution in [0.4, 0.5) is 0 Å². The molecule has 116 valence electrons. The molecule has 0 aromatic rings. The Hall–Kier alpha value is -0.780. The van der Waals surface area contributed by atoms with Gasteiger partial charge in [-0.3, -0.25) is 0 Å². The van der Waals surface area contributed by atoms with E-state index in [0.29, 0.717) is 6.42 Å². The van der Waals surface area contributed by atoms with E-state index in [1.807, 2.05) is 0 Å². The topological polar surface area (TPSA) is 95.4 Å². The minimum Gasteiger partial charge on any atom is -0.349 e. The molecule has 20 heavy (non-hydrogen) atoms. The van der Waals surface area contributed by atoms with Gasteiger partial charge in [-0.15, -0.1) is 0 Å². The summed E-state index contributed by atoms with van der Waals surface area (Å²) in [5.74, 6) is 0. The SMILES string of the molecule is CCCCCCCCCCC1(S(=O)(=O)N=[N+]=[N-])OC1C. The number of epoxide rings is 1. The molecule has 0 N–H and O–H groups in total. The highest BCUT2D eigenvalue weighted by molar-refractivity contribution is 7.91. The summed E-state index contributed by atoms with van der Waals surface area (Å²) in [6, 6.07) is 0. The zero-order valence-electron chi connectivity index (χ0n) is 12.4. The molecule has 0 aromatic heterocycles. The van der Waals surface area contributed by atoms with E-state index in [2.05, 4.69) is 16.4 Å². The number of hydrogen-bond acceptors (Lipinski definition) is 3. The lowest BCUT2D eigenvalue weighted by atomic mass is 10.1. The number of rotatable bonds is 11. The molecule has 1 fully saturated rings. The van der Waals surface area contributed by atoms with Crippen molar-refractivity contribution in [1.29, 1.82) is 0 Å². The van der Waals surface area contributed by atoms with Gasteiger partial charge in [0.05, 0.1) is 0 Å². The standard InChI is InChI=1S/C13H25N3O3S/c1-3-4-5-6-7-8-9-10-11-13(12(2)19-13)20(17,18)16-15-14/h12H,3-11H2,1-2H3. The van der Waals surface area contributed by atoms with Gasteiger partial charge in [-0.2, -0.15) is 0 Å². The van der Waals surface area contributed by atoms with Crippen molar-refractivity contribution in [3.05, 3.63) is 10.4 Å². The third kappa shape index (κ3) is 4.36. The Kier molecular flexibility index (Phi) is 6.79. The maximum Gasteiger partial charge on any atom is 0.267 e. The minimum absolute atomic E-state index is 0.373. The van der Waals surface area contributed by atoms with E-state index in [9.17, 15) is 8.42 Å². The molecule has 0 aliphatic carbocycles. The summed E-state index contributed by atoms with van der Waals surface area (Å²) in [5.41, 5.74) is 8.32. The molecule has 2 atom stereocenters. The maximum absolute atomic E-state index is 11.8. The fourth-order valence-corrected chi connectivity index (χ4v) is 3.87. The molecule has 0 aromatic carbocycles. The summed E-state index contributed by atoms with van der Waals surface area (Å²) in [6.45, 7) is 3.90. The monoisotopic (exact) mass is 303 g/mol. The third-order valence-corrected chi connectivity index (χ3v) is 5.69. The summed E-state index contributed by atoms with van der Waals surface area (Å²) in [4.78, 5) is 1.14. The average molecular weight is 303 g/mol. The van der Waals surface area contributed by atoms with E-state index in [1.165, 1.54) is 32.1 Å². The van der Waals surface area contributed by atoms with E-state index in [-0.39, 0.29) is 6.10 Å². The molecule has 1 rings (SSSR count). The smallest absolute Gasteiger partial charge is 0.267 e. The zero-order chi connectivity index (χ0) is 15.1. The average Bonchev–Trinajstić information content (AvgIpc) is 3.05. The maximum atomic E-state index is 11.8. The van der Waals surface area contributed by atoms with Crippen LogP contribution < -0.4 is 0 Å². The molecule has 0 radical (unpaired) electrons. The third-order valence-electron chi connectivity index (χ3n) is 3.90. The van der Waals surface area contributed by atoms with Crippen LogP contribution in [-0.2, 0) is 14.8 Å². The van der Waals surface area contributed by atoms with Crippen LogP contribution >= 0.6 is 0 Å². The van der Waals surface area contributed by atoms with Crippen LogP contribution in [0.2, 0.25) is 0 Å². The van der Waals surface area contributed by atoms with Gasteiger partial charge in [-0.1, -0.05) is 51.9 Å². The van der Waals surface area contributed by atoms with Crippen molar-refractivity contribution in [3.8, 4) is 0 Å². The molecular weight excluding hydrogens is 278 g/mol. The van der Waals surface area contributed by atoms with Crippen molar-refractivity contribution in [2.45, 2.75) is 82.7 Å². The van der Waals surface area contributed by atoms with Crippen LogP contribution in [0.25, 0.3) is 10.4 Å². The molecular formula is C13H25N3O3S. The predicted molar refractivity (Wildman–Crippen MR) is 78.6 cm³/mol. The highest BCUT2D eigenvalue weighted by atomic mass is 32.2. The first-order chi connectivity index (χ1) is 9.50. The second-order valence-electron chi connectivity index (χ2n) is 5.44. The van der Waals surface area contributed by atoms with Crippen LogP contribution in [0, 0.1) is 0 Å². The number of ether oxygens (including phenoxy) is 1. The lowest BCUT2D eigenvalue weighted by molar-refractivity contribution is 0.332. The highest BCUT2D eigenvalue weighted by Crippen LogP contribution is 2.46. The van der Waals surface area contributed by atoms with Gasteiger partial charge in [-0.25, -0.2) is 8.42 Å². The lowest BCUT2D eigenvalue weighted by Crippen LogP contribution is -2.24. The highest BCUT2D eigenvalue weighted by Gasteiger charge is 2.63. The van der Waals surface area contributed by atoms with Crippen molar-refractivity contribution < 1.29 is 13.2 Å². The summed E-state index contributed by atoms with van der Waals surface area (Å²) in [7, 11) is -3.87. The Bertz CT molecular complexity index is 446. The van der Waals surface area contributed by atoms with E-state index in [4.69, 9.17) is 10.3 Å². The van der Waals surface area contributed by atoms with Crippen LogP contribution in [0.15, 0.2) is 4.52 Å². The molecule has 7 heteroatoms. The van der Waals surface area contributed by atoms with E-state index in [0.717, 1.165) is 19.3 Å². The van der Waals surface area contributed by atoms with Crippen LogP contribution in [-0.4, -0.2) is 19.5 Å². The van der Waals surface area contributed by atoms with Crippen LogP contribution in [0.1, 0.15) is 71.6 Å². The first-order valence-electron chi connectivity index (χ1n) is 7.49. The van der Waals surface area contributed by atoms with E-state index < -0.39 is 15.0 Å². The van der Waals surface area contributed by atoms with Crippen molar-refractivity contribution in [2.75, 3.05) is 0 Å². The quantitative estimate of drug-likeness (QED) is 0.187. The molecule has 2 unspecified atom stereocenters. The number of azide groups is 1. The van der Waals surface area contributed by atoms with Gasteiger partial charge in [0.25, 0.3) is 10.0 Å². The Morgan fingerprint density at radius 1 is 1.15 bits per heavy atom. The second kappa shape index (κ2) is 7.86. The second-order valence-corrected chi connectivity index (χ2v) is 7.25. The molecule has 1 heterocycles. The molecule has 6 nitrogen and oxygen atoms in total. The molecule has 1 aliphatic rings. The van der Waals surface area contributed by atoms with E-state index in [1.54, 1.807) is 6.92 Å². The summed E-state index contributed by atoms with van der Waals surface area (Å²) < 4.78 is 31.8. The Labute approximate surface area is 121 Å². The largest absolute Gasteiger partial charge is 0.349 e. The minimum atomic E-state index is -3.87. The van der Waals surface area contributed by atoms with Crippen molar-refractivity contribution >= 4 is 10.0 Å². The predicted octanol–water partition coefficient (Wildman–Crippen LogP) is 4.27. The molecule has 0 saturated carbocycles. The van der Waals surface area contributed by atoms with Gasteiger partial charge in [0, 0.05) is 9.43 Å². The van der Waals surface area contributed by atoms with Crippen molar-refractivity contribution in [2.24, 2.45) is 4.52 Å². The van der Waals surface area contributed by atoms with E-state index >= 15 is 0 Å². The zero-order valence-corrected chi connectivity index (χ0v) is 13.2. The van der Waals surface area contributed by atoms with Gasteiger partial charge in [0.15, 0.2) is 0 Å². The van der Waals surface area contributed by atoms with Crippen molar-refractivity contribution in [1.82, 2.24) is 0 Å². The molecule has 1 saturated heterocycles.